The highest BCUT2D eigenvalue weighted by Crippen LogP contribution is 2.19. The van der Waals surface area contributed by atoms with Crippen LogP contribution in [0.5, 0.6) is 5.75 Å². The molecule has 1 aliphatic heterocycles. The van der Waals surface area contributed by atoms with Gasteiger partial charge in [-0.15, -0.1) is 0 Å². The van der Waals surface area contributed by atoms with Crippen LogP contribution in [0, 0.1) is 6.92 Å². The van der Waals surface area contributed by atoms with Crippen molar-refractivity contribution in [3.05, 3.63) is 59.4 Å². The van der Waals surface area contributed by atoms with Crippen LogP contribution in [0.2, 0.25) is 0 Å². The van der Waals surface area contributed by atoms with Crippen LogP contribution in [0.4, 0.5) is 0 Å². The molecule has 7 nitrogen and oxygen atoms in total. The Balaban J connectivity index is 1.67. The molecule has 2 aromatic rings. The number of carboxylic acids is 1. The fraction of sp³-hybridized carbons (Fsp3) is 0.316. The summed E-state index contributed by atoms with van der Waals surface area (Å²) in [6.07, 6.45) is 0.253. The Morgan fingerprint density at radius 3 is 2.69 bits per heavy atom. The molecule has 2 N–H and O–H groups in total. The smallest absolute Gasteiger partial charge is 0.335 e. The number of ether oxygens (including phenoxy) is 2. The van der Waals surface area contributed by atoms with E-state index >= 15 is 0 Å². The van der Waals surface area contributed by atoms with Crippen LogP contribution in [0.15, 0.2) is 42.5 Å². The van der Waals surface area contributed by atoms with E-state index in [1.807, 2.05) is 13.0 Å². The van der Waals surface area contributed by atoms with Gasteiger partial charge < -0.3 is 19.9 Å². The summed E-state index contributed by atoms with van der Waals surface area (Å²) in [6.45, 7) is 2.70. The SMILES string of the molecule is Cc1cccc(C(=O)N[C@@H]2CCOC[C@H]2Oc2ccc(C(=O)O)cc2)n1. The van der Waals surface area contributed by atoms with Crippen molar-refractivity contribution >= 4 is 11.9 Å². The number of amides is 1. The van der Waals surface area contributed by atoms with E-state index in [2.05, 4.69) is 10.3 Å². The molecule has 0 spiro atoms. The number of nitrogens with one attached hydrogen (secondary N) is 1. The minimum absolute atomic E-state index is 0.188. The maximum absolute atomic E-state index is 12.4. The summed E-state index contributed by atoms with van der Waals surface area (Å²) in [5.74, 6) is -0.720. The van der Waals surface area contributed by atoms with E-state index in [-0.39, 0.29) is 23.6 Å². The van der Waals surface area contributed by atoms with Crippen LogP contribution in [-0.4, -0.2) is 47.3 Å². The third kappa shape index (κ3) is 4.37. The number of hydrogen-bond donors (Lipinski definition) is 2. The molecule has 26 heavy (non-hydrogen) atoms. The molecular weight excluding hydrogens is 336 g/mol. The molecule has 0 unspecified atom stereocenters. The summed E-state index contributed by atoms with van der Waals surface area (Å²) in [6, 6.07) is 11.2. The van der Waals surface area contributed by atoms with Gasteiger partial charge in [0.25, 0.3) is 5.91 Å². The van der Waals surface area contributed by atoms with Crippen molar-refractivity contribution in [3.8, 4) is 5.75 Å². The standard InChI is InChI=1S/C19H20N2O5/c1-12-3-2-4-16(20-12)18(22)21-15-9-10-25-11-17(15)26-14-7-5-13(6-8-14)19(23)24/h2-8,15,17H,9-11H2,1H3,(H,21,22)(H,23,24)/t15-,17-/m1/s1. The largest absolute Gasteiger partial charge is 0.486 e. The number of carbonyl (C=O) groups is 2. The van der Waals surface area contributed by atoms with Gasteiger partial charge in [0, 0.05) is 12.3 Å². The van der Waals surface area contributed by atoms with Crippen LogP contribution in [0.3, 0.4) is 0 Å². The zero-order chi connectivity index (χ0) is 18.5. The number of aryl methyl sites for hydroxylation is 1. The summed E-state index contributed by atoms with van der Waals surface area (Å²) >= 11 is 0. The summed E-state index contributed by atoms with van der Waals surface area (Å²) in [7, 11) is 0. The van der Waals surface area contributed by atoms with Crippen molar-refractivity contribution in [1.82, 2.24) is 10.3 Å². The minimum Gasteiger partial charge on any atom is -0.486 e. The number of pyridine rings is 1. The molecule has 1 aromatic heterocycles. The summed E-state index contributed by atoms with van der Waals surface area (Å²) in [5, 5.41) is 11.9. The number of rotatable bonds is 5. The summed E-state index contributed by atoms with van der Waals surface area (Å²) in [5.41, 5.74) is 1.32. The van der Waals surface area contributed by atoms with E-state index < -0.39 is 5.97 Å². The molecule has 3 rings (SSSR count). The average Bonchev–Trinajstić information content (AvgIpc) is 2.64. The zero-order valence-corrected chi connectivity index (χ0v) is 14.3. The quantitative estimate of drug-likeness (QED) is 0.851. The van der Waals surface area contributed by atoms with Gasteiger partial charge in [-0.25, -0.2) is 9.78 Å². The van der Waals surface area contributed by atoms with Crippen molar-refractivity contribution in [1.29, 1.82) is 0 Å². The molecule has 136 valence electrons. The molecule has 2 heterocycles. The Labute approximate surface area is 151 Å². The molecular formula is C19H20N2O5. The van der Waals surface area contributed by atoms with Crippen molar-refractivity contribution in [2.45, 2.75) is 25.5 Å². The van der Waals surface area contributed by atoms with E-state index in [0.29, 0.717) is 31.1 Å². The van der Waals surface area contributed by atoms with Gasteiger partial charge in [-0.05, 0) is 49.7 Å². The summed E-state index contributed by atoms with van der Waals surface area (Å²) < 4.78 is 11.4. The van der Waals surface area contributed by atoms with E-state index in [1.165, 1.54) is 12.1 Å². The number of benzene rings is 1. The lowest BCUT2D eigenvalue weighted by atomic mass is 10.1. The molecule has 0 radical (unpaired) electrons. The maximum Gasteiger partial charge on any atom is 0.335 e. The Kier molecular flexibility index (Phi) is 5.48. The highest BCUT2D eigenvalue weighted by molar-refractivity contribution is 5.92. The Hall–Kier alpha value is -2.93. The van der Waals surface area contributed by atoms with Gasteiger partial charge in [-0.3, -0.25) is 4.79 Å². The first-order chi connectivity index (χ1) is 12.5. The lowest BCUT2D eigenvalue weighted by Crippen LogP contribution is -2.51. The Morgan fingerprint density at radius 1 is 1.23 bits per heavy atom. The first kappa shape index (κ1) is 17.9. The fourth-order valence-corrected chi connectivity index (χ4v) is 2.76. The molecule has 0 aliphatic carbocycles. The van der Waals surface area contributed by atoms with Gasteiger partial charge in [0.1, 0.15) is 17.5 Å². The van der Waals surface area contributed by atoms with Gasteiger partial charge in [0.2, 0.25) is 0 Å². The molecule has 0 saturated carbocycles. The van der Waals surface area contributed by atoms with Crippen LogP contribution in [-0.2, 0) is 4.74 Å². The normalized spacial score (nSPS) is 19.6. The van der Waals surface area contributed by atoms with Gasteiger partial charge in [-0.2, -0.15) is 0 Å². The van der Waals surface area contributed by atoms with Gasteiger partial charge in [0.15, 0.2) is 0 Å². The van der Waals surface area contributed by atoms with Crippen LogP contribution in [0.25, 0.3) is 0 Å². The number of aromatic carboxylic acids is 1. The number of carbonyl (C=O) groups excluding carboxylic acids is 1. The molecule has 7 heteroatoms. The second kappa shape index (κ2) is 7.97. The third-order valence-corrected chi connectivity index (χ3v) is 4.13. The van der Waals surface area contributed by atoms with Crippen molar-refractivity contribution in [2.24, 2.45) is 0 Å². The van der Waals surface area contributed by atoms with Crippen molar-refractivity contribution < 1.29 is 24.2 Å². The number of carboxylic acid groups (broad SMARTS) is 1. The minimum atomic E-state index is -0.992. The molecule has 1 aromatic carbocycles. The van der Waals surface area contributed by atoms with Gasteiger partial charge in [0.05, 0.1) is 18.2 Å². The fourth-order valence-electron chi connectivity index (χ4n) is 2.76. The highest BCUT2D eigenvalue weighted by atomic mass is 16.5. The van der Waals surface area contributed by atoms with E-state index in [0.717, 1.165) is 5.69 Å². The zero-order valence-electron chi connectivity index (χ0n) is 14.3. The van der Waals surface area contributed by atoms with Crippen molar-refractivity contribution in [3.63, 3.8) is 0 Å². The number of hydrogen-bond acceptors (Lipinski definition) is 5. The number of aromatic nitrogens is 1. The molecule has 2 atom stereocenters. The Morgan fingerprint density at radius 2 is 2.00 bits per heavy atom. The Bertz CT molecular complexity index is 791. The average molecular weight is 356 g/mol. The second-order valence-corrected chi connectivity index (χ2v) is 6.09. The van der Waals surface area contributed by atoms with Gasteiger partial charge >= 0.3 is 5.97 Å². The topological polar surface area (TPSA) is 97.8 Å². The first-order valence-electron chi connectivity index (χ1n) is 8.35. The maximum atomic E-state index is 12.4. The van der Waals surface area contributed by atoms with Crippen LogP contribution in [0.1, 0.15) is 33.0 Å². The van der Waals surface area contributed by atoms with E-state index in [1.54, 1.807) is 24.3 Å². The first-order valence-corrected chi connectivity index (χ1v) is 8.35. The predicted molar refractivity (Wildman–Crippen MR) is 93.5 cm³/mol. The van der Waals surface area contributed by atoms with Crippen LogP contribution < -0.4 is 10.1 Å². The number of nitrogens with zero attached hydrogens (tertiary/aromatic N) is 1. The lowest BCUT2D eigenvalue weighted by molar-refractivity contribution is -0.0135. The third-order valence-electron chi connectivity index (χ3n) is 4.13. The summed E-state index contributed by atoms with van der Waals surface area (Å²) in [4.78, 5) is 27.6. The molecule has 1 aliphatic rings. The molecule has 0 bridgehead atoms. The van der Waals surface area contributed by atoms with Crippen LogP contribution >= 0.6 is 0 Å². The van der Waals surface area contributed by atoms with E-state index in [4.69, 9.17) is 14.6 Å². The highest BCUT2D eigenvalue weighted by Gasteiger charge is 2.29. The monoisotopic (exact) mass is 356 g/mol. The van der Waals surface area contributed by atoms with Crippen molar-refractivity contribution in [2.75, 3.05) is 13.2 Å². The lowest BCUT2D eigenvalue weighted by Gasteiger charge is -2.32. The molecule has 1 saturated heterocycles. The van der Waals surface area contributed by atoms with E-state index in [9.17, 15) is 9.59 Å². The second-order valence-electron chi connectivity index (χ2n) is 6.09. The molecule has 1 fully saturated rings. The van der Waals surface area contributed by atoms with Gasteiger partial charge in [-0.1, -0.05) is 6.07 Å². The predicted octanol–water partition coefficient (Wildman–Crippen LogP) is 2.05. The molecule has 1 amide bonds.